The average molecular weight is 358 g/mol. The van der Waals surface area contributed by atoms with Crippen molar-refractivity contribution in [3.63, 3.8) is 0 Å². The summed E-state index contributed by atoms with van der Waals surface area (Å²) in [5, 5.41) is 10.9. The number of hydrogen-bond donors (Lipinski definition) is 1. The van der Waals surface area contributed by atoms with Crippen molar-refractivity contribution in [2.75, 3.05) is 25.0 Å². The summed E-state index contributed by atoms with van der Waals surface area (Å²) in [6.07, 6.45) is 6.97. The first-order valence-electron chi connectivity index (χ1n) is 9.74. The summed E-state index contributed by atoms with van der Waals surface area (Å²) in [4.78, 5) is 27.7. The van der Waals surface area contributed by atoms with Gasteiger partial charge in [-0.05, 0) is 55.9 Å². The average Bonchev–Trinajstić information content (AvgIpc) is 2.79. The molecule has 1 aromatic rings. The zero-order chi connectivity index (χ0) is 18.7. The second-order valence-corrected chi connectivity index (χ2v) is 8.00. The maximum atomic E-state index is 12.8. The second kappa shape index (κ2) is 7.78. The molecule has 0 bridgehead atoms. The predicted molar refractivity (Wildman–Crippen MR) is 102 cm³/mol. The third-order valence-electron chi connectivity index (χ3n) is 6.07. The number of likely N-dealkylation sites (tertiary alicyclic amines) is 1. The Labute approximate surface area is 156 Å². The minimum Gasteiger partial charge on any atom is -0.390 e. The third-order valence-corrected chi connectivity index (χ3v) is 6.07. The second-order valence-electron chi connectivity index (χ2n) is 8.00. The van der Waals surface area contributed by atoms with Gasteiger partial charge in [0, 0.05) is 38.3 Å². The molecule has 1 saturated heterocycles. The number of benzene rings is 1. The Morgan fingerprint density at radius 1 is 1.15 bits per heavy atom. The molecule has 0 spiro atoms. The highest BCUT2D eigenvalue weighted by Crippen LogP contribution is 2.38. The van der Waals surface area contributed by atoms with E-state index in [0.29, 0.717) is 31.0 Å². The van der Waals surface area contributed by atoms with Crippen molar-refractivity contribution >= 4 is 17.5 Å². The van der Waals surface area contributed by atoms with Crippen LogP contribution in [0.5, 0.6) is 0 Å². The summed E-state index contributed by atoms with van der Waals surface area (Å²) < 4.78 is 0. The van der Waals surface area contributed by atoms with Crippen LogP contribution >= 0.6 is 0 Å². The Hall–Kier alpha value is -1.88. The van der Waals surface area contributed by atoms with Gasteiger partial charge in [0.05, 0.1) is 5.60 Å². The van der Waals surface area contributed by atoms with E-state index in [4.69, 9.17) is 0 Å². The molecule has 1 heterocycles. The van der Waals surface area contributed by atoms with E-state index < -0.39 is 5.60 Å². The number of rotatable bonds is 4. The summed E-state index contributed by atoms with van der Waals surface area (Å²) in [6.45, 7) is 2.82. The van der Waals surface area contributed by atoms with Gasteiger partial charge in [0.2, 0.25) is 5.91 Å². The molecule has 26 heavy (non-hydrogen) atoms. The van der Waals surface area contributed by atoms with Crippen molar-refractivity contribution in [3.05, 3.63) is 29.8 Å². The summed E-state index contributed by atoms with van der Waals surface area (Å²) in [5.41, 5.74) is 0.809. The van der Waals surface area contributed by atoms with Gasteiger partial charge in [-0.2, -0.15) is 0 Å². The highest BCUT2D eigenvalue weighted by molar-refractivity contribution is 5.96. The highest BCUT2D eigenvalue weighted by Gasteiger charge is 2.35. The zero-order valence-electron chi connectivity index (χ0n) is 15.9. The standard InChI is InChI=1S/C21H30N2O3/c1-16(24)22(2)19-9-7-18(8-10-19)20(25)23-13-4-11-21(26,12-14-23)15-17-5-3-6-17/h7-10,17,26H,3-6,11-15H2,1-2H3. The Bertz CT molecular complexity index is 654. The summed E-state index contributed by atoms with van der Waals surface area (Å²) >= 11 is 0. The van der Waals surface area contributed by atoms with Crippen LogP contribution in [0.1, 0.15) is 62.2 Å². The van der Waals surface area contributed by atoms with Crippen LogP contribution in [0.25, 0.3) is 0 Å². The lowest BCUT2D eigenvalue weighted by atomic mass is 9.75. The zero-order valence-corrected chi connectivity index (χ0v) is 15.9. The molecule has 2 amide bonds. The molecule has 0 radical (unpaired) electrons. The van der Waals surface area contributed by atoms with Crippen molar-refractivity contribution in [2.24, 2.45) is 5.92 Å². The SMILES string of the molecule is CC(=O)N(C)c1ccc(C(=O)N2CCCC(O)(CC3CCC3)CC2)cc1. The monoisotopic (exact) mass is 358 g/mol. The first kappa shape index (κ1) is 18.9. The van der Waals surface area contributed by atoms with Crippen LogP contribution in [0.2, 0.25) is 0 Å². The fourth-order valence-corrected chi connectivity index (χ4v) is 4.01. The van der Waals surface area contributed by atoms with E-state index >= 15 is 0 Å². The number of carbonyl (C=O) groups is 2. The molecule has 1 unspecified atom stereocenters. The molecule has 3 rings (SSSR count). The number of hydrogen-bond acceptors (Lipinski definition) is 3. The fourth-order valence-electron chi connectivity index (χ4n) is 4.01. The largest absolute Gasteiger partial charge is 0.390 e. The number of amides is 2. The Morgan fingerprint density at radius 2 is 1.85 bits per heavy atom. The molecule has 2 aliphatic rings. The molecule has 1 saturated carbocycles. The molecule has 142 valence electrons. The van der Waals surface area contributed by atoms with Crippen LogP contribution in [0.3, 0.4) is 0 Å². The molecule has 5 nitrogen and oxygen atoms in total. The number of aliphatic hydroxyl groups is 1. The lowest BCUT2D eigenvalue weighted by Gasteiger charge is -2.35. The van der Waals surface area contributed by atoms with Crippen LogP contribution < -0.4 is 4.90 Å². The maximum Gasteiger partial charge on any atom is 0.253 e. The van der Waals surface area contributed by atoms with Gasteiger partial charge in [-0.15, -0.1) is 0 Å². The van der Waals surface area contributed by atoms with Gasteiger partial charge in [0.25, 0.3) is 5.91 Å². The predicted octanol–water partition coefficient (Wildman–Crippen LogP) is 3.22. The number of carbonyl (C=O) groups excluding carboxylic acids is 2. The molecular weight excluding hydrogens is 328 g/mol. The normalized spacial score (nSPS) is 23.9. The van der Waals surface area contributed by atoms with E-state index in [1.807, 2.05) is 4.90 Å². The number of nitrogens with zero attached hydrogens (tertiary/aromatic N) is 2. The van der Waals surface area contributed by atoms with Crippen LogP contribution in [0.15, 0.2) is 24.3 Å². The Kier molecular flexibility index (Phi) is 5.66. The van der Waals surface area contributed by atoms with Crippen LogP contribution in [-0.2, 0) is 4.79 Å². The lowest BCUT2D eigenvalue weighted by molar-refractivity contribution is -0.116. The Morgan fingerprint density at radius 3 is 2.42 bits per heavy atom. The summed E-state index contributed by atoms with van der Waals surface area (Å²) in [6, 6.07) is 7.17. The topological polar surface area (TPSA) is 60.9 Å². The van der Waals surface area contributed by atoms with Gasteiger partial charge >= 0.3 is 0 Å². The van der Waals surface area contributed by atoms with Gasteiger partial charge < -0.3 is 14.9 Å². The van der Waals surface area contributed by atoms with Crippen molar-refractivity contribution in [2.45, 2.75) is 57.5 Å². The molecular formula is C21H30N2O3. The first-order chi connectivity index (χ1) is 12.4. The lowest BCUT2D eigenvalue weighted by Crippen LogP contribution is -2.36. The molecule has 5 heteroatoms. The highest BCUT2D eigenvalue weighted by atomic mass is 16.3. The smallest absolute Gasteiger partial charge is 0.253 e. The van der Waals surface area contributed by atoms with Gasteiger partial charge in [0.1, 0.15) is 0 Å². The van der Waals surface area contributed by atoms with Crippen LogP contribution in [-0.4, -0.2) is 47.6 Å². The molecule has 1 aliphatic heterocycles. The molecule has 1 aliphatic carbocycles. The minimum absolute atomic E-state index is 0.00919. The molecule has 1 aromatic carbocycles. The van der Waals surface area contributed by atoms with Gasteiger partial charge in [0.15, 0.2) is 0 Å². The quantitative estimate of drug-likeness (QED) is 0.899. The van der Waals surface area contributed by atoms with E-state index in [0.717, 1.165) is 24.9 Å². The molecule has 1 atom stereocenters. The summed E-state index contributed by atoms with van der Waals surface area (Å²) in [7, 11) is 1.72. The maximum absolute atomic E-state index is 12.8. The van der Waals surface area contributed by atoms with E-state index in [-0.39, 0.29) is 11.8 Å². The number of anilines is 1. The van der Waals surface area contributed by atoms with Crippen LogP contribution in [0, 0.1) is 5.92 Å². The van der Waals surface area contributed by atoms with Crippen molar-refractivity contribution in [1.82, 2.24) is 4.90 Å². The van der Waals surface area contributed by atoms with Gasteiger partial charge in [-0.1, -0.05) is 19.3 Å². The van der Waals surface area contributed by atoms with E-state index in [1.165, 1.54) is 26.2 Å². The van der Waals surface area contributed by atoms with Gasteiger partial charge in [-0.25, -0.2) is 0 Å². The van der Waals surface area contributed by atoms with Crippen LogP contribution in [0.4, 0.5) is 5.69 Å². The van der Waals surface area contributed by atoms with E-state index in [1.54, 1.807) is 36.2 Å². The fraction of sp³-hybridized carbons (Fsp3) is 0.619. The molecule has 1 N–H and O–H groups in total. The molecule has 2 fully saturated rings. The third kappa shape index (κ3) is 4.26. The van der Waals surface area contributed by atoms with Crippen molar-refractivity contribution in [3.8, 4) is 0 Å². The van der Waals surface area contributed by atoms with E-state index in [2.05, 4.69) is 0 Å². The minimum atomic E-state index is -0.603. The van der Waals surface area contributed by atoms with E-state index in [9.17, 15) is 14.7 Å². The summed E-state index contributed by atoms with van der Waals surface area (Å²) in [5.74, 6) is 0.644. The van der Waals surface area contributed by atoms with Crippen molar-refractivity contribution < 1.29 is 14.7 Å². The van der Waals surface area contributed by atoms with Crippen molar-refractivity contribution in [1.29, 1.82) is 0 Å². The Balaban J connectivity index is 1.61. The molecule has 0 aromatic heterocycles. The van der Waals surface area contributed by atoms with Gasteiger partial charge in [-0.3, -0.25) is 9.59 Å². The first-order valence-corrected chi connectivity index (χ1v) is 9.74.